The molecule has 3 rings (SSSR count). The zero-order valence-corrected chi connectivity index (χ0v) is 16.6. The van der Waals surface area contributed by atoms with E-state index in [1.807, 2.05) is 48.5 Å². The lowest BCUT2D eigenvalue weighted by atomic mass is 10.0. The fourth-order valence-corrected chi connectivity index (χ4v) is 3.64. The van der Waals surface area contributed by atoms with E-state index in [9.17, 15) is 9.59 Å². The summed E-state index contributed by atoms with van der Waals surface area (Å²) in [5, 5.41) is 5.54. The Balaban J connectivity index is 1.53. The van der Waals surface area contributed by atoms with E-state index in [0.717, 1.165) is 36.5 Å². The number of ether oxygens (including phenoxy) is 1. The van der Waals surface area contributed by atoms with Crippen LogP contribution in [0.2, 0.25) is 0 Å². The van der Waals surface area contributed by atoms with Crippen LogP contribution in [0.15, 0.2) is 54.6 Å². The molecule has 3 amide bonds. The number of benzene rings is 2. The molecule has 154 valence electrons. The summed E-state index contributed by atoms with van der Waals surface area (Å²) in [6.45, 7) is 2.35. The van der Waals surface area contributed by atoms with Gasteiger partial charge in [0.2, 0.25) is 5.91 Å². The highest BCUT2D eigenvalue weighted by atomic mass is 16.5. The highest BCUT2D eigenvalue weighted by molar-refractivity contribution is 5.86. The summed E-state index contributed by atoms with van der Waals surface area (Å²) >= 11 is 0. The number of hydrogen-bond acceptors (Lipinski definition) is 4. The number of carbonyl (C=O) groups is 2. The van der Waals surface area contributed by atoms with Gasteiger partial charge in [-0.1, -0.05) is 36.4 Å². The zero-order chi connectivity index (χ0) is 20.6. The number of nitrogens with two attached hydrogens (primary N) is 1. The largest absolute Gasteiger partial charge is 0.497 e. The number of amides is 3. The van der Waals surface area contributed by atoms with E-state index < -0.39 is 12.1 Å². The molecule has 1 heterocycles. The van der Waals surface area contributed by atoms with Gasteiger partial charge in [-0.25, -0.2) is 4.79 Å². The Morgan fingerprint density at radius 3 is 2.72 bits per heavy atom. The van der Waals surface area contributed by atoms with Crippen LogP contribution < -0.4 is 26.0 Å². The molecule has 29 heavy (non-hydrogen) atoms. The number of hydrogen-bond donors (Lipinski definition) is 3. The van der Waals surface area contributed by atoms with Gasteiger partial charge in [-0.05, 0) is 30.0 Å². The molecule has 1 aliphatic rings. The standard InChI is InChI=1S/C22H28N4O3/c1-29-19-9-5-8-18(13-19)26-11-10-17(15-26)14-24-21(27)20(25-22(23)28)12-16-6-3-2-4-7-16/h2-9,13,17,20H,10-12,14-15H2,1H3,(H,24,27)(H3,23,25,28). The highest BCUT2D eigenvalue weighted by Gasteiger charge is 2.25. The van der Waals surface area contributed by atoms with Crippen LogP contribution in [0.3, 0.4) is 0 Å². The number of rotatable bonds is 8. The molecule has 1 saturated heterocycles. The van der Waals surface area contributed by atoms with Gasteiger partial charge in [0, 0.05) is 37.8 Å². The van der Waals surface area contributed by atoms with E-state index in [-0.39, 0.29) is 5.91 Å². The molecule has 1 aliphatic heterocycles. The van der Waals surface area contributed by atoms with Gasteiger partial charge in [0.1, 0.15) is 11.8 Å². The van der Waals surface area contributed by atoms with Gasteiger partial charge in [-0.15, -0.1) is 0 Å². The average molecular weight is 396 g/mol. The first-order valence-corrected chi connectivity index (χ1v) is 9.81. The number of urea groups is 1. The quantitative estimate of drug-likeness (QED) is 0.635. The van der Waals surface area contributed by atoms with E-state index >= 15 is 0 Å². The number of primary amides is 1. The van der Waals surface area contributed by atoms with Gasteiger partial charge < -0.3 is 26.0 Å². The molecule has 4 N–H and O–H groups in total. The summed E-state index contributed by atoms with van der Waals surface area (Å²) in [5.41, 5.74) is 7.35. The highest BCUT2D eigenvalue weighted by Crippen LogP contribution is 2.26. The average Bonchev–Trinajstić information content (AvgIpc) is 3.21. The minimum Gasteiger partial charge on any atom is -0.497 e. The molecule has 1 fully saturated rings. The summed E-state index contributed by atoms with van der Waals surface area (Å²) in [6, 6.07) is 16.2. The van der Waals surface area contributed by atoms with Gasteiger partial charge >= 0.3 is 6.03 Å². The minimum atomic E-state index is -0.703. The maximum absolute atomic E-state index is 12.7. The topological polar surface area (TPSA) is 96.7 Å². The molecular formula is C22H28N4O3. The smallest absolute Gasteiger partial charge is 0.312 e. The Morgan fingerprint density at radius 2 is 2.00 bits per heavy atom. The molecule has 0 radical (unpaired) electrons. The monoisotopic (exact) mass is 396 g/mol. The van der Waals surface area contributed by atoms with Crippen LogP contribution in [0.4, 0.5) is 10.5 Å². The van der Waals surface area contributed by atoms with Crippen molar-refractivity contribution < 1.29 is 14.3 Å². The SMILES string of the molecule is COc1cccc(N2CCC(CNC(=O)C(Cc3ccccc3)NC(N)=O)C2)c1. The Labute approximate surface area is 171 Å². The molecule has 7 heteroatoms. The normalized spacial score (nSPS) is 16.9. The third kappa shape index (κ3) is 5.88. The number of anilines is 1. The van der Waals surface area contributed by atoms with Crippen molar-refractivity contribution in [3.05, 3.63) is 60.2 Å². The van der Waals surface area contributed by atoms with E-state index in [2.05, 4.69) is 21.6 Å². The van der Waals surface area contributed by atoms with Crippen LogP contribution >= 0.6 is 0 Å². The molecule has 2 aromatic rings. The van der Waals surface area contributed by atoms with Gasteiger partial charge in [-0.3, -0.25) is 4.79 Å². The second kappa shape index (κ2) is 9.82. The Bertz CT molecular complexity index is 828. The minimum absolute atomic E-state index is 0.215. The number of carbonyl (C=O) groups excluding carboxylic acids is 2. The lowest BCUT2D eigenvalue weighted by Gasteiger charge is -2.21. The van der Waals surface area contributed by atoms with Crippen LogP contribution in [0, 0.1) is 5.92 Å². The third-order valence-electron chi connectivity index (χ3n) is 5.18. The Morgan fingerprint density at radius 1 is 1.21 bits per heavy atom. The Kier molecular flexibility index (Phi) is 6.94. The van der Waals surface area contributed by atoms with E-state index in [1.165, 1.54) is 0 Å². The van der Waals surface area contributed by atoms with Crippen LogP contribution in [-0.4, -0.2) is 44.7 Å². The first kappa shape index (κ1) is 20.5. The number of nitrogens with one attached hydrogen (secondary N) is 2. The maximum atomic E-state index is 12.7. The molecule has 2 unspecified atom stereocenters. The van der Waals surface area contributed by atoms with Gasteiger partial charge in [0.05, 0.1) is 7.11 Å². The first-order valence-electron chi connectivity index (χ1n) is 9.81. The van der Waals surface area contributed by atoms with E-state index in [4.69, 9.17) is 10.5 Å². The lowest BCUT2D eigenvalue weighted by Crippen LogP contribution is -2.50. The van der Waals surface area contributed by atoms with Gasteiger partial charge in [0.25, 0.3) is 0 Å². The van der Waals surface area contributed by atoms with Crippen molar-refractivity contribution in [3.8, 4) is 5.75 Å². The lowest BCUT2D eigenvalue weighted by molar-refractivity contribution is -0.123. The first-order chi connectivity index (χ1) is 14.0. The van der Waals surface area contributed by atoms with Crippen molar-refractivity contribution in [2.24, 2.45) is 11.7 Å². The number of methoxy groups -OCH3 is 1. The van der Waals surface area contributed by atoms with Crippen molar-refractivity contribution in [1.29, 1.82) is 0 Å². The second-order valence-electron chi connectivity index (χ2n) is 7.30. The summed E-state index contributed by atoms with van der Waals surface area (Å²) in [6.07, 6.45) is 1.39. The predicted octanol–water partition coefficient (Wildman–Crippen LogP) is 1.92. The van der Waals surface area contributed by atoms with Crippen LogP contribution in [0.25, 0.3) is 0 Å². The van der Waals surface area contributed by atoms with Gasteiger partial charge in [-0.2, -0.15) is 0 Å². The van der Waals surface area contributed by atoms with Crippen LogP contribution in [-0.2, 0) is 11.2 Å². The van der Waals surface area contributed by atoms with Gasteiger partial charge in [0.15, 0.2) is 0 Å². The third-order valence-corrected chi connectivity index (χ3v) is 5.18. The van der Waals surface area contributed by atoms with Crippen molar-refractivity contribution >= 4 is 17.6 Å². The molecule has 7 nitrogen and oxygen atoms in total. The summed E-state index contributed by atoms with van der Waals surface area (Å²) in [5.74, 6) is 0.962. The molecule has 2 atom stereocenters. The molecule has 2 aromatic carbocycles. The van der Waals surface area contributed by atoms with Crippen LogP contribution in [0.5, 0.6) is 5.75 Å². The summed E-state index contributed by atoms with van der Waals surface area (Å²) in [4.78, 5) is 26.3. The predicted molar refractivity (Wildman–Crippen MR) is 113 cm³/mol. The van der Waals surface area contributed by atoms with Crippen molar-refractivity contribution in [2.75, 3.05) is 31.6 Å². The molecule has 0 saturated carbocycles. The molecule has 0 spiro atoms. The van der Waals surface area contributed by atoms with Crippen LogP contribution in [0.1, 0.15) is 12.0 Å². The fraction of sp³-hybridized carbons (Fsp3) is 0.364. The number of nitrogens with zero attached hydrogens (tertiary/aromatic N) is 1. The molecule has 0 aliphatic carbocycles. The van der Waals surface area contributed by atoms with Crippen molar-refractivity contribution in [1.82, 2.24) is 10.6 Å². The summed E-state index contributed by atoms with van der Waals surface area (Å²) < 4.78 is 5.30. The molecular weight excluding hydrogens is 368 g/mol. The van der Waals surface area contributed by atoms with Crippen molar-refractivity contribution in [3.63, 3.8) is 0 Å². The second-order valence-corrected chi connectivity index (χ2v) is 7.30. The van der Waals surface area contributed by atoms with E-state index in [1.54, 1.807) is 7.11 Å². The van der Waals surface area contributed by atoms with Crippen molar-refractivity contribution in [2.45, 2.75) is 18.9 Å². The molecule has 0 bridgehead atoms. The zero-order valence-electron chi connectivity index (χ0n) is 16.6. The molecule has 0 aromatic heterocycles. The Hall–Kier alpha value is -3.22. The van der Waals surface area contributed by atoms with E-state index in [0.29, 0.717) is 18.9 Å². The summed E-state index contributed by atoms with van der Waals surface area (Å²) in [7, 11) is 1.66. The maximum Gasteiger partial charge on any atom is 0.312 e. The fourth-order valence-electron chi connectivity index (χ4n) is 3.64.